The highest BCUT2D eigenvalue weighted by Gasteiger charge is 2.36. The van der Waals surface area contributed by atoms with E-state index in [1.165, 1.54) is 19.3 Å². The number of nitrogens with zero attached hydrogens (tertiary/aromatic N) is 2. The number of aromatic nitrogens is 1. The van der Waals surface area contributed by atoms with Crippen molar-refractivity contribution < 1.29 is 9.47 Å². The van der Waals surface area contributed by atoms with Crippen LogP contribution in [0.1, 0.15) is 44.6 Å². The summed E-state index contributed by atoms with van der Waals surface area (Å²) in [7, 11) is 3.57. The minimum absolute atomic E-state index is 0.358. The topological polar surface area (TPSA) is 67.8 Å². The lowest BCUT2D eigenvalue weighted by molar-refractivity contribution is 0.0732. The van der Waals surface area contributed by atoms with Crippen molar-refractivity contribution in [2.24, 2.45) is 10.4 Å². The van der Waals surface area contributed by atoms with E-state index in [0.717, 1.165) is 37.5 Å². The molecular weight excluding hydrogens is 316 g/mol. The second-order valence-electron chi connectivity index (χ2n) is 6.69. The molecule has 0 atom stereocenters. The van der Waals surface area contributed by atoms with Crippen LogP contribution in [0.25, 0.3) is 0 Å². The van der Waals surface area contributed by atoms with E-state index in [-0.39, 0.29) is 0 Å². The van der Waals surface area contributed by atoms with Gasteiger partial charge in [-0.1, -0.05) is 19.4 Å². The summed E-state index contributed by atoms with van der Waals surface area (Å²) in [5.74, 6) is 1.51. The molecule has 0 spiro atoms. The first-order valence-electron chi connectivity index (χ1n) is 9.23. The van der Waals surface area contributed by atoms with Gasteiger partial charge in [0.25, 0.3) is 0 Å². The summed E-state index contributed by atoms with van der Waals surface area (Å²) < 4.78 is 11.0. The summed E-state index contributed by atoms with van der Waals surface area (Å²) >= 11 is 0. The number of aliphatic imine (C=N–C) groups is 1. The molecule has 0 radical (unpaired) electrons. The van der Waals surface area contributed by atoms with Crippen LogP contribution in [-0.4, -0.2) is 44.9 Å². The van der Waals surface area contributed by atoms with Crippen molar-refractivity contribution in [3.8, 4) is 5.88 Å². The molecule has 1 fully saturated rings. The van der Waals surface area contributed by atoms with Crippen molar-refractivity contribution in [2.45, 2.75) is 45.6 Å². The summed E-state index contributed by atoms with van der Waals surface area (Å²) in [5.41, 5.74) is 1.40. The van der Waals surface area contributed by atoms with E-state index in [1.54, 1.807) is 20.4 Å². The van der Waals surface area contributed by atoms with Gasteiger partial charge in [0.05, 0.1) is 6.61 Å². The Morgan fingerprint density at radius 1 is 1.32 bits per heavy atom. The molecule has 0 aromatic carbocycles. The lowest BCUT2D eigenvalue weighted by Gasteiger charge is -2.42. The quantitative estimate of drug-likeness (QED) is 0.503. The highest BCUT2D eigenvalue weighted by Crippen LogP contribution is 2.43. The SMILES string of the molecule is CCCOc1ncccc1CNC(=NC)NCC1(CCOC)CCC1. The highest BCUT2D eigenvalue weighted by molar-refractivity contribution is 5.79. The Morgan fingerprint density at radius 2 is 2.16 bits per heavy atom. The molecule has 6 nitrogen and oxygen atoms in total. The van der Waals surface area contributed by atoms with Crippen molar-refractivity contribution in [3.05, 3.63) is 23.9 Å². The molecule has 0 unspecified atom stereocenters. The molecule has 0 saturated heterocycles. The van der Waals surface area contributed by atoms with Crippen LogP contribution in [0.4, 0.5) is 0 Å². The van der Waals surface area contributed by atoms with E-state index < -0.39 is 0 Å². The predicted octanol–water partition coefficient (Wildman–Crippen LogP) is 2.74. The molecule has 2 N–H and O–H groups in total. The molecule has 1 aromatic heterocycles. The lowest BCUT2D eigenvalue weighted by Crippen LogP contribution is -2.46. The Labute approximate surface area is 151 Å². The van der Waals surface area contributed by atoms with E-state index in [0.29, 0.717) is 24.4 Å². The summed E-state index contributed by atoms with van der Waals surface area (Å²) in [6, 6.07) is 3.96. The maximum absolute atomic E-state index is 5.71. The minimum atomic E-state index is 0.358. The lowest BCUT2D eigenvalue weighted by atomic mass is 9.67. The zero-order valence-electron chi connectivity index (χ0n) is 15.8. The second kappa shape index (κ2) is 10.2. The molecule has 25 heavy (non-hydrogen) atoms. The van der Waals surface area contributed by atoms with Gasteiger partial charge in [-0.2, -0.15) is 0 Å². The van der Waals surface area contributed by atoms with Gasteiger partial charge in [-0.15, -0.1) is 0 Å². The highest BCUT2D eigenvalue weighted by atomic mass is 16.5. The Bertz CT molecular complexity index is 544. The largest absolute Gasteiger partial charge is 0.477 e. The standard InChI is InChI=1S/C19H32N4O2/c1-4-12-25-17-16(7-5-11-21-17)14-22-18(20-2)23-15-19(8-6-9-19)10-13-24-3/h5,7,11H,4,6,8-10,12-15H2,1-3H3,(H2,20,22,23). The smallest absolute Gasteiger partial charge is 0.218 e. The van der Waals surface area contributed by atoms with Gasteiger partial charge in [0, 0.05) is 45.6 Å². The fraction of sp³-hybridized carbons (Fsp3) is 0.684. The monoisotopic (exact) mass is 348 g/mol. The number of pyridine rings is 1. The van der Waals surface area contributed by atoms with E-state index in [1.807, 2.05) is 12.1 Å². The van der Waals surface area contributed by atoms with Crippen molar-refractivity contribution in [1.29, 1.82) is 0 Å². The molecular formula is C19H32N4O2. The maximum atomic E-state index is 5.71. The normalized spacial score (nSPS) is 16.2. The third-order valence-electron chi connectivity index (χ3n) is 4.84. The average Bonchev–Trinajstić information content (AvgIpc) is 2.61. The average molecular weight is 348 g/mol. The van der Waals surface area contributed by atoms with Gasteiger partial charge in [0.2, 0.25) is 5.88 Å². The zero-order valence-corrected chi connectivity index (χ0v) is 15.8. The zero-order chi connectivity index (χ0) is 18.0. The molecule has 1 aromatic rings. The van der Waals surface area contributed by atoms with Crippen LogP contribution in [0, 0.1) is 5.41 Å². The molecule has 140 valence electrons. The van der Waals surface area contributed by atoms with Gasteiger partial charge >= 0.3 is 0 Å². The molecule has 1 saturated carbocycles. The Morgan fingerprint density at radius 3 is 2.80 bits per heavy atom. The Balaban J connectivity index is 1.84. The molecule has 1 aliphatic rings. The molecule has 0 bridgehead atoms. The Hall–Kier alpha value is -1.82. The van der Waals surface area contributed by atoms with Crippen molar-refractivity contribution in [2.75, 3.05) is 33.9 Å². The summed E-state index contributed by atoms with van der Waals surface area (Å²) in [5, 5.41) is 6.84. The van der Waals surface area contributed by atoms with Crippen LogP contribution in [0.2, 0.25) is 0 Å². The molecule has 1 aliphatic carbocycles. The van der Waals surface area contributed by atoms with E-state index in [9.17, 15) is 0 Å². The molecule has 0 amide bonds. The maximum Gasteiger partial charge on any atom is 0.218 e. The third-order valence-corrected chi connectivity index (χ3v) is 4.84. The van der Waals surface area contributed by atoms with Crippen molar-refractivity contribution in [1.82, 2.24) is 15.6 Å². The first-order chi connectivity index (χ1) is 12.2. The molecule has 0 aliphatic heterocycles. The van der Waals surface area contributed by atoms with Crippen LogP contribution in [0.15, 0.2) is 23.3 Å². The molecule has 6 heteroatoms. The van der Waals surface area contributed by atoms with Gasteiger partial charge < -0.3 is 20.1 Å². The first kappa shape index (κ1) is 19.5. The third kappa shape index (κ3) is 5.88. The van der Waals surface area contributed by atoms with Gasteiger partial charge in [0.1, 0.15) is 0 Å². The van der Waals surface area contributed by atoms with Gasteiger partial charge in [-0.25, -0.2) is 4.98 Å². The van der Waals surface area contributed by atoms with Gasteiger partial charge in [0.15, 0.2) is 5.96 Å². The summed E-state index contributed by atoms with van der Waals surface area (Å²) in [6.45, 7) is 5.16. The number of hydrogen-bond donors (Lipinski definition) is 2. The van der Waals surface area contributed by atoms with Crippen LogP contribution in [-0.2, 0) is 11.3 Å². The number of hydrogen-bond acceptors (Lipinski definition) is 4. The number of rotatable bonds is 10. The summed E-state index contributed by atoms with van der Waals surface area (Å²) in [4.78, 5) is 8.66. The Kier molecular flexibility index (Phi) is 7.98. The van der Waals surface area contributed by atoms with Crippen LogP contribution < -0.4 is 15.4 Å². The van der Waals surface area contributed by atoms with Crippen molar-refractivity contribution in [3.63, 3.8) is 0 Å². The first-order valence-corrected chi connectivity index (χ1v) is 9.23. The van der Waals surface area contributed by atoms with E-state index >= 15 is 0 Å². The minimum Gasteiger partial charge on any atom is -0.477 e. The number of ether oxygens (including phenoxy) is 2. The van der Waals surface area contributed by atoms with E-state index in [4.69, 9.17) is 9.47 Å². The fourth-order valence-electron chi connectivity index (χ4n) is 3.07. The second-order valence-corrected chi connectivity index (χ2v) is 6.69. The van der Waals surface area contributed by atoms with Crippen LogP contribution >= 0.6 is 0 Å². The van der Waals surface area contributed by atoms with Gasteiger partial charge in [-0.05, 0) is 37.2 Å². The molecule has 2 rings (SSSR count). The summed E-state index contributed by atoms with van der Waals surface area (Å²) in [6.07, 6.45) is 7.67. The number of guanidine groups is 1. The van der Waals surface area contributed by atoms with Crippen molar-refractivity contribution >= 4 is 5.96 Å². The number of methoxy groups -OCH3 is 1. The van der Waals surface area contributed by atoms with Crippen LogP contribution in [0.3, 0.4) is 0 Å². The fourth-order valence-corrected chi connectivity index (χ4v) is 3.07. The van der Waals surface area contributed by atoms with Gasteiger partial charge in [-0.3, -0.25) is 4.99 Å². The predicted molar refractivity (Wildman–Crippen MR) is 101 cm³/mol. The van der Waals surface area contributed by atoms with E-state index in [2.05, 4.69) is 27.5 Å². The van der Waals surface area contributed by atoms with Crippen LogP contribution in [0.5, 0.6) is 5.88 Å². The number of nitrogens with one attached hydrogen (secondary N) is 2. The molecule has 1 heterocycles.